The van der Waals surface area contributed by atoms with Crippen molar-refractivity contribution in [1.29, 1.82) is 0 Å². The predicted molar refractivity (Wildman–Crippen MR) is 44.9 cm³/mol. The Morgan fingerprint density at radius 2 is 2.58 bits per heavy atom. The molecule has 0 radical (unpaired) electrons. The van der Waals surface area contributed by atoms with E-state index in [4.69, 9.17) is 0 Å². The smallest absolute Gasteiger partial charge is 0.138 e. The van der Waals surface area contributed by atoms with Crippen LogP contribution in [0.1, 0.15) is 31.4 Å². The van der Waals surface area contributed by atoms with Crippen LogP contribution in [0.2, 0.25) is 0 Å². The third kappa shape index (κ3) is 1.05. The van der Waals surface area contributed by atoms with Crippen LogP contribution >= 0.6 is 0 Å². The maximum absolute atomic E-state index is 11.2. The zero-order valence-corrected chi connectivity index (χ0v) is 7.16. The lowest BCUT2D eigenvalue weighted by molar-refractivity contribution is -0.118. The van der Waals surface area contributed by atoms with E-state index in [-0.39, 0.29) is 11.7 Å². The fourth-order valence-electron chi connectivity index (χ4n) is 1.83. The van der Waals surface area contributed by atoms with Gasteiger partial charge in [0.15, 0.2) is 0 Å². The topological polar surface area (TPSA) is 34.9 Å². The van der Waals surface area contributed by atoms with Gasteiger partial charge in [-0.2, -0.15) is 5.10 Å². The van der Waals surface area contributed by atoms with E-state index in [1.165, 1.54) is 0 Å². The quantitative estimate of drug-likeness (QED) is 0.628. The lowest BCUT2D eigenvalue weighted by Crippen LogP contribution is -2.20. The number of nitrogens with zero attached hydrogens (tertiary/aromatic N) is 2. The van der Waals surface area contributed by atoms with E-state index >= 15 is 0 Å². The molecule has 1 atom stereocenters. The van der Waals surface area contributed by atoms with Crippen LogP contribution in [0, 0.1) is 0 Å². The van der Waals surface area contributed by atoms with Crippen molar-refractivity contribution in [3.05, 3.63) is 18.0 Å². The molecule has 0 fully saturated rings. The summed E-state index contributed by atoms with van der Waals surface area (Å²) >= 11 is 0. The summed E-state index contributed by atoms with van der Waals surface area (Å²) < 4.78 is 1.94. The second-order valence-electron chi connectivity index (χ2n) is 3.28. The Labute approximate surface area is 71.4 Å². The van der Waals surface area contributed by atoms with Crippen molar-refractivity contribution in [2.24, 2.45) is 0 Å². The molecule has 0 spiro atoms. The lowest BCUT2D eigenvalue weighted by atomic mass is 9.93. The molecular weight excluding hydrogens is 152 g/mol. The highest BCUT2D eigenvalue weighted by Gasteiger charge is 2.23. The van der Waals surface area contributed by atoms with Crippen molar-refractivity contribution >= 4 is 5.78 Å². The minimum Gasteiger partial charge on any atom is -0.299 e. The predicted octanol–water partition coefficient (Wildman–Crippen LogP) is 1.35. The first-order chi connectivity index (χ1) is 5.79. The average molecular weight is 164 g/mol. The summed E-state index contributed by atoms with van der Waals surface area (Å²) in [7, 11) is 0. The zero-order chi connectivity index (χ0) is 8.55. The third-order valence-electron chi connectivity index (χ3n) is 2.46. The SMILES string of the molecule is CC(=O)C1CCCn2nccc21. The van der Waals surface area contributed by atoms with E-state index in [2.05, 4.69) is 5.10 Å². The molecule has 12 heavy (non-hydrogen) atoms. The molecule has 3 nitrogen and oxygen atoms in total. The summed E-state index contributed by atoms with van der Waals surface area (Å²) in [6.45, 7) is 2.62. The number of carbonyl (C=O) groups is 1. The number of Topliss-reactive ketones (excluding diaryl/α,β-unsaturated/α-hetero) is 1. The summed E-state index contributed by atoms with van der Waals surface area (Å²) in [5.74, 6) is 0.359. The molecule has 0 N–H and O–H groups in total. The van der Waals surface area contributed by atoms with Gasteiger partial charge < -0.3 is 0 Å². The van der Waals surface area contributed by atoms with Gasteiger partial charge >= 0.3 is 0 Å². The molecule has 64 valence electrons. The van der Waals surface area contributed by atoms with Gasteiger partial charge in [-0.05, 0) is 25.8 Å². The van der Waals surface area contributed by atoms with Crippen LogP contribution in [0.25, 0.3) is 0 Å². The van der Waals surface area contributed by atoms with Crippen LogP contribution in [-0.2, 0) is 11.3 Å². The van der Waals surface area contributed by atoms with Crippen molar-refractivity contribution in [2.75, 3.05) is 0 Å². The number of fused-ring (bicyclic) bond motifs is 1. The van der Waals surface area contributed by atoms with E-state index in [1.807, 2.05) is 10.7 Å². The third-order valence-corrected chi connectivity index (χ3v) is 2.46. The standard InChI is InChI=1S/C9H12N2O/c1-7(12)8-3-2-6-11-9(8)4-5-10-11/h4-5,8H,2-3,6H2,1H3. The molecule has 0 saturated heterocycles. The first-order valence-electron chi connectivity index (χ1n) is 4.31. The van der Waals surface area contributed by atoms with Crippen molar-refractivity contribution in [3.63, 3.8) is 0 Å². The molecule has 3 heteroatoms. The van der Waals surface area contributed by atoms with Crippen LogP contribution in [0.15, 0.2) is 12.3 Å². The molecule has 1 unspecified atom stereocenters. The number of ketones is 1. The Bertz CT molecular complexity index is 303. The maximum Gasteiger partial charge on any atom is 0.138 e. The largest absolute Gasteiger partial charge is 0.299 e. The van der Waals surface area contributed by atoms with Crippen molar-refractivity contribution in [2.45, 2.75) is 32.2 Å². The Hall–Kier alpha value is -1.12. The number of aryl methyl sites for hydroxylation is 1. The molecule has 2 heterocycles. The molecule has 1 aromatic heterocycles. The number of rotatable bonds is 1. The maximum atomic E-state index is 11.2. The second-order valence-corrected chi connectivity index (χ2v) is 3.28. The van der Waals surface area contributed by atoms with Crippen LogP contribution in [0.4, 0.5) is 0 Å². The van der Waals surface area contributed by atoms with E-state index in [0.29, 0.717) is 0 Å². The fourth-order valence-corrected chi connectivity index (χ4v) is 1.83. The highest BCUT2D eigenvalue weighted by Crippen LogP contribution is 2.26. The number of carbonyl (C=O) groups excluding carboxylic acids is 1. The summed E-state index contributed by atoms with van der Waals surface area (Å²) in [4.78, 5) is 11.2. The Morgan fingerprint density at radius 1 is 1.75 bits per heavy atom. The van der Waals surface area contributed by atoms with Gasteiger partial charge in [-0.1, -0.05) is 0 Å². The van der Waals surface area contributed by atoms with Gasteiger partial charge in [-0.3, -0.25) is 9.48 Å². The average Bonchev–Trinajstić information content (AvgIpc) is 2.49. The number of hydrogen-bond acceptors (Lipinski definition) is 2. The van der Waals surface area contributed by atoms with Crippen LogP contribution in [-0.4, -0.2) is 15.6 Å². The van der Waals surface area contributed by atoms with Gasteiger partial charge in [0, 0.05) is 18.4 Å². The summed E-state index contributed by atoms with van der Waals surface area (Å²) in [5.41, 5.74) is 1.09. The zero-order valence-electron chi connectivity index (χ0n) is 7.16. The first kappa shape index (κ1) is 7.53. The fraction of sp³-hybridized carbons (Fsp3) is 0.556. The molecule has 1 aliphatic rings. The van der Waals surface area contributed by atoms with E-state index in [9.17, 15) is 4.79 Å². The van der Waals surface area contributed by atoms with E-state index in [0.717, 1.165) is 25.1 Å². The van der Waals surface area contributed by atoms with Gasteiger partial charge in [0.2, 0.25) is 0 Å². The second kappa shape index (κ2) is 2.73. The highest BCUT2D eigenvalue weighted by atomic mass is 16.1. The van der Waals surface area contributed by atoms with Crippen LogP contribution in [0.5, 0.6) is 0 Å². The van der Waals surface area contributed by atoms with Gasteiger partial charge in [0.25, 0.3) is 0 Å². The molecule has 0 amide bonds. The van der Waals surface area contributed by atoms with Crippen molar-refractivity contribution < 1.29 is 4.79 Å². The normalized spacial score (nSPS) is 21.9. The Balaban J connectivity index is 2.37. The van der Waals surface area contributed by atoms with E-state index < -0.39 is 0 Å². The van der Waals surface area contributed by atoms with Crippen molar-refractivity contribution in [1.82, 2.24) is 9.78 Å². The molecule has 0 aliphatic carbocycles. The number of hydrogen-bond donors (Lipinski definition) is 0. The minimum atomic E-state index is 0.0984. The van der Waals surface area contributed by atoms with E-state index in [1.54, 1.807) is 13.1 Å². The van der Waals surface area contributed by atoms with Crippen LogP contribution < -0.4 is 0 Å². The van der Waals surface area contributed by atoms with Gasteiger partial charge in [0.1, 0.15) is 5.78 Å². The summed E-state index contributed by atoms with van der Waals surface area (Å²) in [6, 6.07) is 1.95. The highest BCUT2D eigenvalue weighted by molar-refractivity contribution is 5.82. The minimum absolute atomic E-state index is 0.0984. The molecular formula is C9H12N2O. The van der Waals surface area contributed by atoms with Gasteiger partial charge in [-0.15, -0.1) is 0 Å². The van der Waals surface area contributed by atoms with Crippen LogP contribution in [0.3, 0.4) is 0 Å². The monoisotopic (exact) mass is 164 g/mol. The summed E-state index contributed by atoms with van der Waals surface area (Å²) in [5, 5.41) is 4.15. The molecule has 1 aromatic rings. The number of aromatic nitrogens is 2. The molecule has 0 aromatic carbocycles. The Kier molecular flexibility index (Phi) is 1.71. The summed E-state index contributed by atoms with van der Waals surface area (Å²) in [6.07, 6.45) is 3.83. The molecule has 2 rings (SSSR count). The lowest BCUT2D eigenvalue weighted by Gasteiger charge is -2.20. The first-order valence-corrected chi connectivity index (χ1v) is 4.31. The van der Waals surface area contributed by atoms with Gasteiger partial charge in [0.05, 0.1) is 5.92 Å². The molecule has 0 bridgehead atoms. The van der Waals surface area contributed by atoms with Crippen molar-refractivity contribution in [3.8, 4) is 0 Å². The molecule has 1 aliphatic heterocycles. The molecule has 0 saturated carbocycles. The van der Waals surface area contributed by atoms with Gasteiger partial charge in [-0.25, -0.2) is 0 Å². The Morgan fingerprint density at radius 3 is 3.33 bits per heavy atom.